The van der Waals surface area contributed by atoms with E-state index in [1.807, 2.05) is 42.2 Å². The normalized spacial score (nSPS) is 19.3. The van der Waals surface area contributed by atoms with Crippen molar-refractivity contribution in [1.29, 1.82) is 0 Å². The van der Waals surface area contributed by atoms with Gasteiger partial charge in [0.1, 0.15) is 0 Å². The van der Waals surface area contributed by atoms with E-state index in [1.165, 1.54) is 0 Å². The molecule has 1 fully saturated rings. The summed E-state index contributed by atoms with van der Waals surface area (Å²) in [6.07, 6.45) is 1.50. The molecule has 0 N–H and O–H groups in total. The third-order valence-corrected chi connectivity index (χ3v) is 4.66. The van der Waals surface area contributed by atoms with Gasteiger partial charge in [0.15, 0.2) is 6.10 Å². The molecular weight excluding hydrogens is 302 g/mol. The average Bonchev–Trinajstić information content (AvgIpc) is 2.95. The lowest BCUT2D eigenvalue weighted by Crippen LogP contribution is -2.43. The molecule has 0 spiro atoms. The molecule has 2 heterocycles. The number of aromatic nitrogens is 2. The maximum absolute atomic E-state index is 13.0. The molecule has 0 aliphatic carbocycles. The third kappa shape index (κ3) is 3.36. The molecule has 0 saturated carbocycles. The number of ether oxygens (including phenoxy) is 1. The van der Waals surface area contributed by atoms with E-state index in [0.29, 0.717) is 6.54 Å². The summed E-state index contributed by atoms with van der Waals surface area (Å²) in [5.41, 5.74) is 3.08. The molecule has 1 amide bonds. The molecule has 1 aromatic carbocycles. The molecule has 5 heteroatoms. The van der Waals surface area contributed by atoms with Crippen LogP contribution in [0.25, 0.3) is 0 Å². The molecule has 1 saturated heterocycles. The van der Waals surface area contributed by atoms with Crippen molar-refractivity contribution in [3.8, 4) is 0 Å². The van der Waals surface area contributed by atoms with Crippen molar-refractivity contribution in [3.05, 3.63) is 53.3 Å². The van der Waals surface area contributed by atoms with Crippen molar-refractivity contribution in [2.75, 3.05) is 20.2 Å². The van der Waals surface area contributed by atoms with Crippen LogP contribution in [0.15, 0.2) is 36.4 Å². The highest BCUT2D eigenvalue weighted by Crippen LogP contribution is 2.26. The second-order valence-corrected chi connectivity index (χ2v) is 6.48. The van der Waals surface area contributed by atoms with Gasteiger partial charge in [0.05, 0.1) is 11.7 Å². The van der Waals surface area contributed by atoms with E-state index in [1.54, 1.807) is 7.11 Å². The molecule has 128 valence electrons. The Morgan fingerprint density at radius 2 is 2.04 bits per heavy atom. The van der Waals surface area contributed by atoms with Crippen LogP contribution in [0.3, 0.4) is 0 Å². The number of hydrogen-bond donors (Lipinski definition) is 0. The summed E-state index contributed by atoms with van der Waals surface area (Å²) in [4.78, 5) is 14.9. The van der Waals surface area contributed by atoms with Crippen LogP contribution in [0.1, 0.15) is 41.9 Å². The number of nitrogens with zero attached hydrogens (tertiary/aromatic N) is 3. The van der Waals surface area contributed by atoms with Gasteiger partial charge < -0.3 is 9.64 Å². The zero-order chi connectivity index (χ0) is 17.1. The Balaban J connectivity index is 1.76. The number of amides is 1. The van der Waals surface area contributed by atoms with Crippen molar-refractivity contribution in [3.63, 3.8) is 0 Å². The second-order valence-electron chi connectivity index (χ2n) is 6.48. The summed E-state index contributed by atoms with van der Waals surface area (Å²) in [6.45, 7) is 5.54. The van der Waals surface area contributed by atoms with Gasteiger partial charge in [-0.05, 0) is 38.3 Å². The molecule has 0 radical (unpaired) electrons. The number of carbonyl (C=O) groups excluding carboxylic acids is 1. The summed E-state index contributed by atoms with van der Waals surface area (Å²) in [5, 5.41) is 4.60. The van der Waals surface area contributed by atoms with Gasteiger partial charge in [-0.3, -0.25) is 9.48 Å². The molecule has 1 aliphatic heterocycles. The highest BCUT2D eigenvalue weighted by molar-refractivity contribution is 5.82. The topological polar surface area (TPSA) is 47.4 Å². The fraction of sp³-hybridized carbons (Fsp3) is 0.474. The van der Waals surface area contributed by atoms with Gasteiger partial charge in [0.2, 0.25) is 0 Å². The van der Waals surface area contributed by atoms with Crippen LogP contribution in [0.4, 0.5) is 0 Å². The zero-order valence-electron chi connectivity index (χ0n) is 14.6. The number of aryl methyl sites for hydroxylation is 2. The molecule has 2 atom stereocenters. The minimum atomic E-state index is -0.537. The molecule has 0 bridgehead atoms. The van der Waals surface area contributed by atoms with Crippen molar-refractivity contribution < 1.29 is 9.53 Å². The van der Waals surface area contributed by atoms with E-state index in [4.69, 9.17) is 4.74 Å². The molecule has 24 heavy (non-hydrogen) atoms. The Hall–Kier alpha value is -2.14. The number of carbonyl (C=O) groups is 1. The van der Waals surface area contributed by atoms with E-state index < -0.39 is 6.10 Å². The Kier molecular flexibility index (Phi) is 5.00. The quantitative estimate of drug-likeness (QED) is 0.867. The summed E-state index contributed by atoms with van der Waals surface area (Å²) in [6, 6.07) is 12.0. The lowest BCUT2D eigenvalue weighted by molar-refractivity contribution is -0.144. The monoisotopic (exact) mass is 327 g/mol. The average molecular weight is 327 g/mol. The van der Waals surface area contributed by atoms with Crippen molar-refractivity contribution in [1.82, 2.24) is 14.7 Å². The van der Waals surface area contributed by atoms with E-state index in [2.05, 4.69) is 22.8 Å². The van der Waals surface area contributed by atoms with Gasteiger partial charge in [0, 0.05) is 25.9 Å². The van der Waals surface area contributed by atoms with Gasteiger partial charge in [-0.25, -0.2) is 0 Å². The number of methoxy groups -OCH3 is 1. The Morgan fingerprint density at radius 3 is 2.67 bits per heavy atom. The first-order chi connectivity index (χ1) is 11.6. The minimum Gasteiger partial charge on any atom is -0.367 e. The van der Waals surface area contributed by atoms with Gasteiger partial charge in [-0.1, -0.05) is 30.3 Å². The summed E-state index contributed by atoms with van der Waals surface area (Å²) in [7, 11) is 1.60. The fourth-order valence-corrected chi connectivity index (χ4v) is 3.54. The summed E-state index contributed by atoms with van der Waals surface area (Å²) in [5.74, 6) is 0.0370. The number of hydrogen-bond acceptors (Lipinski definition) is 3. The fourth-order valence-electron chi connectivity index (χ4n) is 3.54. The number of piperidine rings is 1. The molecule has 1 aliphatic rings. The first kappa shape index (κ1) is 16.7. The van der Waals surface area contributed by atoms with Crippen molar-refractivity contribution in [2.24, 2.45) is 0 Å². The molecule has 2 aromatic rings. The van der Waals surface area contributed by atoms with Gasteiger partial charge >= 0.3 is 0 Å². The van der Waals surface area contributed by atoms with E-state index in [0.717, 1.165) is 36.3 Å². The van der Waals surface area contributed by atoms with Crippen LogP contribution in [0.2, 0.25) is 0 Å². The Morgan fingerprint density at radius 1 is 1.29 bits per heavy atom. The lowest BCUT2D eigenvalue weighted by Gasteiger charge is -2.35. The van der Waals surface area contributed by atoms with Gasteiger partial charge in [-0.15, -0.1) is 0 Å². The van der Waals surface area contributed by atoms with Crippen LogP contribution in [-0.2, 0) is 9.53 Å². The van der Waals surface area contributed by atoms with E-state index in [9.17, 15) is 4.79 Å². The summed E-state index contributed by atoms with van der Waals surface area (Å²) < 4.78 is 7.58. The lowest BCUT2D eigenvalue weighted by atomic mass is 10.0. The van der Waals surface area contributed by atoms with Gasteiger partial charge in [0.25, 0.3) is 5.91 Å². The van der Waals surface area contributed by atoms with Crippen LogP contribution in [-0.4, -0.2) is 40.8 Å². The first-order valence-electron chi connectivity index (χ1n) is 8.49. The van der Waals surface area contributed by atoms with Crippen LogP contribution < -0.4 is 0 Å². The highest BCUT2D eigenvalue weighted by Gasteiger charge is 2.31. The van der Waals surface area contributed by atoms with Crippen LogP contribution in [0, 0.1) is 13.8 Å². The predicted octanol–water partition coefficient (Wildman–Crippen LogP) is 3.05. The number of rotatable bonds is 4. The van der Waals surface area contributed by atoms with Crippen molar-refractivity contribution >= 4 is 5.91 Å². The maximum atomic E-state index is 13.0. The minimum absolute atomic E-state index is 0.0370. The molecular formula is C19H25N3O2. The van der Waals surface area contributed by atoms with Crippen LogP contribution >= 0.6 is 0 Å². The Bertz CT molecular complexity index is 696. The SMILES string of the molecule is CO[C@H](C(=O)N1CCC[C@H](n2nc(C)cc2C)C1)c1ccccc1. The molecule has 3 rings (SSSR count). The second kappa shape index (κ2) is 7.18. The van der Waals surface area contributed by atoms with Crippen LogP contribution in [0.5, 0.6) is 0 Å². The first-order valence-corrected chi connectivity index (χ1v) is 8.49. The summed E-state index contributed by atoms with van der Waals surface area (Å²) >= 11 is 0. The molecule has 0 unspecified atom stereocenters. The smallest absolute Gasteiger partial charge is 0.256 e. The number of benzene rings is 1. The third-order valence-electron chi connectivity index (χ3n) is 4.66. The van der Waals surface area contributed by atoms with Gasteiger partial charge in [-0.2, -0.15) is 5.10 Å². The number of likely N-dealkylation sites (tertiary alicyclic amines) is 1. The Labute approximate surface area is 143 Å². The maximum Gasteiger partial charge on any atom is 0.256 e. The highest BCUT2D eigenvalue weighted by atomic mass is 16.5. The standard InChI is InChI=1S/C19H25N3O2/c1-14-12-15(2)22(20-14)17-10-7-11-21(13-17)19(23)18(24-3)16-8-5-4-6-9-16/h4-6,8-9,12,17-18H,7,10-11,13H2,1-3H3/t17-,18-/m0/s1. The van der Waals surface area contributed by atoms with Crippen molar-refractivity contribution in [2.45, 2.75) is 38.8 Å². The molecule has 1 aromatic heterocycles. The largest absolute Gasteiger partial charge is 0.367 e. The van der Waals surface area contributed by atoms with E-state index >= 15 is 0 Å². The van der Waals surface area contributed by atoms with E-state index in [-0.39, 0.29) is 11.9 Å². The molecule has 5 nitrogen and oxygen atoms in total. The zero-order valence-corrected chi connectivity index (χ0v) is 14.6. The predicted molar refractivity (Wildman–Crippen MR) is 92.7 cm³/mol.